The van der Waals surface area contributed by atoms with Gasteiger partial charge < -0.3 is 14.4 Å². The molecule has 1 heterocycles. The Kier molecular flexibility index (Phi) is 7.93. The van der Waals surface area contributed by atoms with Crippen LogP contribution in [-0.4, -0.2) is 70.9 Å². The number of aromatic nitrogens is 1. The number of ether oxygens (including phenoxy) is 2. The van der Waals surface area contributed by atoms with Gasteiger partial charge in [-0.3, -0.25) is 9.69 Å². The van der Waals surface area contributed by atoms with E-state index in [1.807, 2.05) is 6.07 Å². The van der Waals surface area contributed by atoms with Crippen LogP contribution in [0.2, 0.25) is 0 Å². The van der Waals surface area contributed by atoms with Gasteiger partial charge in [-0.15, -0.1) is 0 Å². The van der Waals surface area contributed by atoms with Crippen molar-refractivity contribution in [2.45, 2.75) is 18.7 Å². The molecule has 10 heteroatoms. The van der Waals surface area contributed by atoms with Crippen LogP contribution in [0.1, 0.15) is 24.2 Å². The normalized spacial score (nSPS) is 11.7. The number of rotatable bonds is 10. The minimum atomic E-state index is -3.47. The Morgan fingerprint density at radius 2 is 1.67 bits per heavy atom. The molecule has 178 valence electrons. The summed E-state index contributed by atoms with van der Waals surface area (Å²) in [6.45, 7) is 6.88. The second-order valence-electron chi connectivity index (χ2n) is 7.46. The van der Waals surface area contributed by atoms with Crippen LogP contribution in [0.25, 0.3) is 10.2 Å². The molecule has 1 amide bonds. The highest BCUT2D eigenvalue weighted by Gasteiger charge is 2.25. The van der Waals surface area contributed by atoms with Crippen molar-refractivity contribution in [3.05, 3.63) is 42.0 Å². The first-order valence-corrected chi connectivity index (χ1v) is 13.3. The number of sulfone groups is 1. The minimum Gasteiger partial charge on any atom is -0.497 e. The summed E-state index contributed by atoms with van der Waals surface area (Å²) in [7, 11) is -0.408. The molecule has 0 aliphatic carbocycles. The number of fused-ring (bicyclic) bond motifs is 1. The third-order valence-corrected chi connectivity index (χ3v) is 7.55. The molecule has 0 saturated heterocycles. The molecule has 8 nitrogen and oxygen atoms in total. The lowest BCUT2D eigenvalue weighted by Gasteiger charge is -2.25. The first kappa shape index (κ1) is 24.9. The minimum absolute atomic E-state index is 0.154. The topological polar surface area (TPSA) is 89.0 Å². The third kappa shape index (κ3) is 5.63. The summed E-state index contributed by atoms with van der Waals surface area (Å²) in [5, 5.41) is 0.444. The van der Waals surface area contributed by atoms with Gasteiger partial charge in [0.1, 0.15) is 17.0 Å². The summed E-state index contributed by atoms with van der Waals surface area (Å²) < 4.78 is 35.9. The Balaban J connectivity index is 2.10. The Morgan fingerprint density at radius 1 is 1.03 bits per heavy atom. The summed E-state index contributed by atoms with van der Waals surface area (Å²) in [6.07, 6.45) is 1.16. The average molecular weight is 492 g/mol. The van der Waals surface area contributed by atoms with Gasteiger partial charge in [0, 0.05) is 31.0 Å². The van der Waals surface area contributed by atoms with Gasteiger partial charge in [0.05, 0.1) is 23.8 Å². The summed E-state index contributed by atoms with van der Waals surface area (Å²) in [4.78, 5) is 22.2. The molecule has 1 aromatic heterocycles. The molecule has 33 heavy (non-hydrogen) atoms. The van der Waals surface area contributed by atoms with Crippen LogP contribution in [0.4, 0.5) is 5.13 Å². The van der Waals surface area contributed by atoms with Crippen LogP contribution < -0.4 is 14.4 Å². The van der Waals surface area contributed by atoms with Crippen molar-refractivity contribution in [3.63, 3.8) is 0 Å². The highest BCUT2D eigenvalue weighted by Crippen LogP contribution is 2.34. The van der Waals surface area contributed by atoms with Crippen molar-refractivity contribution in [1.82, 2.24) is 9.88 Å². The van der Waals surface area contributed by atoms with Gasteiger partial charge in [-0.05, 0) is 37.4 Å². The van der Waals surface area contributed by atoms with E-state index >= 15 is 0 Å². The van der Waals surface area contributed by atoms with E-state index in [1.54, 1.807) is 29.2 Å². The molecular formula is C23H29N3O5S2. The lowest BCUT2D eigenvalue weighted by Crippen LogP contribution is -2.38. The van der Waals surface area contributed by atoms with Gasteiger partial charge in [0.25, 0.3) is 5.91 Å². The molecule has 2 aromatic carbocycles. The number of amides is 1. The Hall–Kier alpha value is -2.69. The molecule has 0 N–H and O–H groups in total. The van der Waals surface area contributed by atoms with E-state index in [2.05, 4.69) is 23.7 Å². The van der Waals surface area contributed by atoms with Crippen LogP contribution in [0, 0.1) is 0 Å². The van der Waals surface area contributed by atoms with Crippen molar-refractivity contribution >= 4 is 42.4 Å². The predicted molar refractivity (Wildman–Crippen MR) is 132 cm³/mol. The molecule has 0 unspecified atom stereocenters. The maximum atomic E-state index is 13.7. The molecule has 0 saturated carbocycles. The molecular weight excluding hydrogens is 462 g/mol. The summed E-state index contributed by atoms with van der Waals surface area (Å²) in [5.74, 6) is 0.745. The van der Waals surface area contributed by atoms with Crippen molar-refractivity contribution in [2.24, 2.45) is 0 Å². The molecule has 0 aliphatic heterocycles. The fourth-order valence-electron chi connectivity index (χ4n) is 3.48. The maximum Gasteiger partial charge on any atom is 0.260 e. The van der Waals surface area contributed by atoms with Crippen LogP contribution in [0.3, 0.4) is 0 Å². The second kappa shape index (κ2) is 10.5. The largest absolute Gasteiger partial charge is 0.497 e. The number of methoxy groups -OCH3 is 2. The van der Waals surface area contributed by atoms with Crippen LogP contribution in [-0.2, 0) is 9.84 Å². The highest BCUT2D eigenvalue weighted by atomic mass is 32.2. The smallest absolute Gasteiger partial charge is 0.260 e. The lowest BCUT2D eigenvalue weighted by atomic mass is 10.1. The number of benzene rings is 2. The summed E-state index contributed by atoms with van der Waals surface area (Å²) >= 11 is 1.29. The number of nitrogens with zero attached hydrogens (tertiary/aromatic N) is 3. The van der Waals surface area contributed by atoms with E-state index in [-0.39, 0.29) is 10.8 Å². The van der Waals surface area contributed by atoms with Crippen molar-refractivity contribution in [2.75, 3.05) is 51.6 Å². The maximum absolute atomic E-state index is 13.7. The van der Waals surface area contributed by atoms with E-state index in [0.29, 0.717) is 45.5 Å². The van der Waals surface area contributed by atoms with Crippen molar-refractivity contribution in [1.29, 1.82) is 0 Å². The van der Waals surface area contributed by atoms with Gasteiger partial charge in [-0.1, -0.05) is 31.3 Å². The first-order chi connectivity index (χ1) is 15.7. The molecule has 0 radical (unpaired) electrons. The van der Waals surface area contributed by atoms with E-state index in [0.717, 1.165) is 19.3 Å². The molecule has 0 atom stereocenters. The standard InChI is InChI=1S/C23H29N3O5S2/c1-6-25(7-2)11-12-26(22(27)16-13-17(30-3)15-18(14-16)31-4)23-24-21-19(32-23)9-8-10-20(21)33(5,28)29/h8-10,13-15H,6-7,11-12H2,1-5H3. The highest BCUT2D eigenvalue weighted by molar-refractivity contribution is 7.91. The first-order valence-electron chi connectivity index (χ1n) is 10.6. The zero-order valence-electron chi connectivity index (χ0n) is 19.5. The number of hydrogen-bond donors (Lipinski definition) is 0. The van der Waals surface area contributed by atoms with Gasteiger partial charge in [0.2, 0.25) is 0 Å². The van der Waals surface area contributed by atoms with Crippen LogP contribution in [0.5, 0.6) is 11.5 Å². The zero-order valence-corrected chi connectivity index (χ0v) is 21.1. The number of para-hydroxylation sites is 1. The number of carbonyl (C=O) groups is 1. The summed E-state index contributed by atoms with van der Waals surface area (Å²) in [6, 6.07) is 10.1. The van der Waals surface area contributed by atoms with Crippen molar-refractivity contribution in [3.8, 4) is 11.5 Å². The zero-order chi connectivity index (χ0) is 24.2. The Labute approximate surface area is 198 Å². The number of anilines is 1. The van der Waals surface area contributed by atoms with E-state index < -0.39 is 9.84 Å². The van der Waals surface area contributed by atoms with E-state index in [4.69, 9.17) is 9.47 Å². The number of hydrogen-bond acceptors (Lipinski definition) is 8. The Morgan fingerprint density at radius 3 is 2.21 bits per heavy atom. The fraction of sp³-hybridized carbons (Fsp3) is 0.391. The molecule has 3 rings (SSSR count). The molecule has 0 aliphatic rings. The quantitative estimate of drug-likeness (QED) is 0.427. The van der Waals surface area contributed by atoms with Crippen molar-refractivity contribution < 1.29 is 22.7 Å². The van der Waals surface area contributed by atoms with Crippen LogP contribution in [0.15, 0.2) is 41.3 Å². The van der Waals surface area contributed by atoms with E-state index in [9.17, 15) is 13.2 Å². The average Bonchev–Trinajstić information content (AvgIpc) is 3.24. The van der Waals surface area contributed by atoms with Gasteiger partial charge in [-0.25, -0.2) is 13.4 Å². The summed E-state index contributed by atoms with van der Waals surface area (Å²) in [5.41, 5.74) is 0.775. The van der Waals surface area contributed by atoms with E-state index in [1.165, 1.54) is 31.6 Å². The molecule has 3 aromatic rings. The SMILES string of the molecule is CCN(CC)CCN(C(=O)c1cc(OC)cc(OC)c1)c1nc2c(S(C)(=O)=O)cccc2s1. The molecule has 0 fully saturated rings. The molecule has 0 bridgehead atoms. The lowest BCUT2D eigenvalue weighted by molar-refractivity contribution is 0.0983. The van der Waals surface area contributed by atoms with Gasteiger partial charge >= 0.3 is 0 Å². The third-order valence-electron chi connectivity index (χ3n) is 5.38. The molecule has 0 spiro atoms. The second-order valence-corrected chi connectivity index (χ2v) is 10.4. The number of thiazole rings is 1. The Bertz CT molecular complexity index is 1210. The monoisotopic (exact) mass is 491 g/mol. The predicted octanol–water partition coefficient (Wildman–Crippen LogP) is 3.71. The van der Waals surface area contributed by atoms with Crippen LogP contribution >= 0.6 is 11.3 Å². The van der Waals surface area contributed by atoms with Gasteiger partial charge in [0.15, 0.2) is 15.0 Å². The number of carbonyl (C=O) groups excluding carboxylic acids is 1. The number of likely N-dealkylation sites (N-methyl/N-ethyl adjacent to an activating group) is 1. The fourth-order valence-corrected chi connectivity index (χ4v) is 5.39. The van der Waals surface area contributed by atoms with Gasteiger partial charge in [-0.2, -0.15) is 0 Å².